The van der Waals surface area contributed by atoms with E-state index in [0.29, 0.717) is 11.7 Å². The maximum absolute atomic E-state index is 5.39. The first-order chi connectivity index (χ1) is 8.28. The minimum absolute atomic E-state index is 0.497. The van der Waals surface area contributed by atoms with Gasteiger partial charge in [0.2, 0.25) is 0 Å². The number of rotatable bonds is 2. The molecule has 0 aliphatic carbocycles. The second-order valence-electron chi connectivity index (χ2n) is 5.16. The third-order valence-corrected chi connectivity index (χ3v) is 4.29. The first-order valence-corrected chi connectivity index (χ1v) is 6.29. The van der Waals surface area contributed by atoms with Crippen molar-refractivity contribution in [3.63, 3.8) is 0 Å². The molecule has 0 amide bonds. The van der Waals surface area contributed by atoms with Crippen LogP contribution >= 0.6 is 0 Å². The third kappa shape index (κ3) is 1.89. The van der Waals surface area contributed by atoms with Crippen molar-refractivity contribution in [1.29, 1.82) is 0 Å². The number of hydrogen-bond donors (Lipinski definition) is 2. The molecule has 1 aromatic rings. The average Bonchev–Trinajstić information content (AvgIpc) is 2.61. The fourth-order valence-electron chi connectivity index (χ4n) is 3.27. The highest BCUT2D eigenvalue weighted by Gasteiger charge is 2.39. The number of piperidine rings is 1. The number of aromatic nitrogens is 2. The Hall–Kier alpha value is -1.20. The van der Waals surface area contributed by atoms with E-state index in [9.17, 15) is 0 Å². The van der Waals surface area contributed by atoms with E-state index in [-0.39, 0.29) is 0 Å². The molecular formula is C12H19N5. The van der Waals surface area contributed by atoms with Crippen molar-refractivity contribution in [3.05, 3.63) is 18.1 Å². The number of fused-ring (bicyclic) bond motifs is 2. The molecule has 2 fully saturated rings. The topological polar surface area (TPSA) is 67.1 Å². The Bertz CT molecular complexity index is 394. The molecule has 3 rings (SSSR count). The van der Waals surface area contributed by atoms with E-state index < -0.39 is 0 Å². The van der Waals surface area contributed by atoms with Gasteiger partial charge in [-0.1, -0.05) is 0 Å². The van der Waals surface area contributed by atoms with Crippen LogP contribution in [-0.2, 0) is 0 Å². The van der Waals surface area contributed by atoms with Crippen LogP contribution in [0, 0.1) is 0 Å². The quantitative estimate of drug-likeness (QED) is 0.591. The molecule has 2 atom stereocenters. The average molecular weight is 233 g/mol. The molecule has 5 heteroatoms. The summed E-state index contributed by atoms with van der Waals surface area (Å²) in [5, 5.41) is 0. The van der Waals surface area contributed by atoms with Gasteiger partial charge in [0.1, 0.15) is 11.6 Å². The first-order valence-electron chi connectivity index (χ1n) is 6.29. The second kappa shape index (κ2) is 4.23. The molecule has 3 N–H and O–H groups in total. The highest BCUT2D eigenvalue weighted by Crippen LogP contribution is 2.41. The summed E-state index contributed by atoms with van der Waals surface area (Å²) >= 11 is 0. The van der Waals surface area contributed by atoms with E-state index in [1.165, 1.54) is 25.7 Å². The Labute approximate surface area is 101 Å². The van der Waals surface area contributed by atoms with Crippen LogP contribution in [0.5, 0.6) is 0 Å². The molecule has 0 aromatic carbocycles. The van der Waals surface area contributed by atoms with E-state index in [1.807, 2.05) is 0 Å². The first kappa shape index (κ1) is 10.9. The summed E-state index contributed by atoms with van der Waals surface area (Å²) in [5.41, 5.74) is 2.59. The van der Waals surface area contributed by atoms with Gasteiger partial charge in [0.15, 0.2) is 0 Å². The normalized spacial score (nSPS) is 32.7. The lowest BCUT2D eigenvalue weighted by Gasteiger charge is -2.35. The monoisotopic (exact) mass is 233 g/mol. The molecule has 92 valence electrons. The van der Waals surface area contributed by atoms with Crippen LogP contribution in [0.2, 0.25) is 0 Å². The van der Waals surface area contributed by atoms with Gasteiger partial charge >= 0.3 is 0 Å². The summed E-state index contributed by atoms with van der Waals surface area (Å²) < 4.78 is 0. The molecule has 2 aliphatic rings. The standard InChI is InChI=1S/C12H19N5/c1-17-9-2-3-10(17)7-8(6-9)12-14-5-4-11(15-12)16-13/h4-5,8-10H,2-3,6-7,13H2,1H3,(H,14,15,16). The lowest BCUT2D eigenvalue weighted by atomic mass is 9.90. The number of hydrazine groups is 1. The van der Waals surface area contributed by atoms with E-state index >= 15 is 0 Å². The highest BCUT2D eigenvalue weighted by atomic mass is 15.3. The van der Waals surface area contributed by atoms with E-state index in [4.69, 9.17) is 5.84 Å². The summed E-state index contributed by atoms with van der Waals surface area (Å²) in [7, 11) is 2.25. The predicted octanol–water partition coefficient (Wildman–Crippen LogP) is 1.10. The van der Waals surface area contributed by atoms with Crippen LogP contribution in [0.4, 0.5) is 5.82 Å². The highest BCUT2D eigenvalue weighted by molar-refractivity contribution is 5.31. The Kier molecular flexibility index (Phi) is 2.72. The van der Waals surface area contributed by atoms with Crippen LogP contribution in [0.25, 0.3) is 0 Å². The second-order valence-corrected chi connectivity index (χ2v) is 5.16. The SMILES string of the molecule is CN1C2CCC1CC(c1nccc(NN)n1)C2. The zero-order valence-electron chi connectivity index (χ0n) is 10.1. The summed E-state index contributed by atoms with van der Waals surface area (Å²) in [4.78, 5) is 11.4. The van der Waals surface area contributed by atoms with Crippen molar-refractivity contribution >= 4 is 5.82 Å². The van der Waals surface area contributed by atoms with Gasteiger partial charge in [0.25, 0.3) is 0 Å². The van der Waals surface area contributed by atoms with Crippen molar-refractivity contribution in [2.75, 3.05) is 12.5 Å². The van der Waals surface area contributed by atoms with Crippen molar-refractivity contribution in [1.82, 2.24) is 14.9 Å². The van der Waals surface area contributed by atoms with Gasteiger partial charge in [-0.25, -0.2) is 15.8 Å². The largest absolute Gasteiger partial charge is 0.308 e. The Morgan fingerprint density at radius 2 is 2.06 bits per heavy atom. The number of nitrogens with one attached hydrogen (secondary N) is 1. The van der Waals surface area contributed by atoms with Gasteiger partial charge in [0.05, 0.1) is 0 Å². The molecule has 5 nitrogen and oxygen atoms in total. The zero-order chi connectivity index (χ0) is 11.8. The van der Waals surface area contributed by atoms with E-state index in [2.05, 4.69) is 27.3 Å². The zero-order valence-corrected chi connectivity index (χ0v) is 10.1. The van der Waals surface area contributed by atoms with Crippen LogP contribution in [0.15, 0.2) is 12.3 Å². The van der Waals surface area contributed by atoms with Gasteiger partial charge in [-0.15, -0.1) is 0 Å². The van der Waals surface area contributed by atoms with Gasteiger partial charge in [-0.2, -0.15) is 0 Å². The molecule has 2 unspecified atom stereocenters. The van der Waals surface area contributed by atoms with E-state index in [1.54, 1.807) is 12.3 Å². The van der Waals surface area contributed by atoms with Crippen LogP contribution in [-0.4, -0.2) is 34.0 Å². The van der Waals surface area contributed by atoms with Crippen molar-refractivity contribution in [2.24, 2.45) is 5.84 Å². The fraction of sp³-hybridized carbons (Fsp3) is 0.667. The summed E-state index contributed by atoms with van der Waals surface area (Å²) in [6, 6.07) is 3.24. The molecule has 17 heavy (non-hydrogen) atoms. The number of nitrogens with two attached hydrogens (primary N) is 1. The molecule has 0 radical (unpaired) electrons. The molecule has 2 aliphatic heterocycles. The Morgan fingerprint density at radius 3 is 2.71 bits per heavy atom. The molecule has 2 saturated heterocycles. The van der Waals surface area contributed by atoms with Crippen molar-refractivity contribution < 1.29 is 0 Å². The number of nitrogens with zero attached hydrogens (tertiary/aromatic N) is 3. The predicted molar refractivity (Wildman–Crippen MR) is 66.4 cm³/mol. The lowest BCUT2D eigenvalue weighted by Crippen LogP contribution is -2.39. The number of hydrogen-bond acceptors (Lipinski definition) is 5. The fourth-order valence-corrected chi connectivity index (χ4v) is 3.27. The van der Waals surface area contributed by atoms with Gasteiger partial charge in [-0.3, -0.25) is 0 Å². The smallest absolute Gasteiger partial charge is 0.143 e. The Balaban J connectivity index is 1.81. The van der Waals surface area contributed by atoms with Crippen molar-refractivity contribution in [2.45, 2.75) is 43.7 Å². The van der Waals surface area contributed by atoms with E-state index in [0.717, 1.165) is 17.9 Å². The number of nitrogen functional groups attached to an aromatic ring is 1. The minimum Gasteiger partial charge on any atom is -0.308 e. The lowest BCUT2D eigenvalue weighted by molar-refractivity contribution is 0.159. The number of anilines is 1. The molecule has 3 heterocycles. The summed E-state index contributed by atoms with van der Waals surface area (Å²) in [6.07, 6.45) is 6.80. The van der Waals surface area contributed by atoms with Crippen LogP contribution < -0.4 is 11.3 Å². The summed E-state index contributed by atoms with van der Waals surface area (Å²) in [5.74, 6) is 7.54. The van der Waals surface area contributed by atoms with Gasteiger partial charge in [-0.05, 0) is 32.7 Å². The van der Waals surface area contributed by atoms with Crippen molar-refractivity contribution in [3.8, 4) is 0 Å². The third-order valence-electron chi connectivity index (χ3n) is 4.29. The molecule has 0 saturated carbocycles. The molecule has 2 bridgehead atoms. The van der Waals surface area contributed by atoms with Crippen LogP contribution in [0.3, 0.4) is 0 Å². The maximum Gasteiger partial charge on any atom is 0.143 e. The molecule has 0 spiro atoms. The summed E-state index contributed by atoms with van der Waals surface area (Å²) in [6.45, 7) is 0. The minimum atomic E-state index is 0.497. The maximum atomic E-state index is 5.39. The van der Waals surface area contributed by atoms with Gasteiger partial charge in [0, 0.05) is 30.3 Å². The Morgan fingerprint density at radius 1 is 1.35 bits per heavy atom. The van der Waals surface area contributed by atoms with Gasteiger partial charge < -0.3 is 10.3 Å². The molecular weight excluding hydrogens is 214 g/mol. The van der Waals surface area contributed by atoms with Crippen LogP contribution in [0.1, 0.15) is 37.4 Å². The molecule has 1 aromatic heterocycles.